The summed E-state index contributed by atoms with van der Waals surface area (Å²) in [7, 11) is 4.10. The Morgan fingerprint density at radius 1 is 1.56 bits per heavy atom. The van der Waals surface area contributed by atoms with Gasteiger partial charge in [-0.1, -0.05) is 12.1 Å². The van der Waals surface area contributed by atoms with E-state index in [-0.39, 0.29) is 6.04 Å². The summed E-state index contributed by atoms with van der Waals surface area (Å²) in [5, 5.41) is 8.00. The molecule has 6 nitrogen and oxygen atoms in total. The molecule has 16 heavy (non-hydrogen) atoms. The number of hydrazine groups is 1. The van der Waals surface area contributed by atoms with Crippen molar-refractivity contribution in [1.82, 2.24) is 25.3 Å². The molecule has 1 aromatic rings. The van der Waals surface area contributed by atoms with E-state index >= 15 is 0 Å². The molecule has 92 valence electrons. The van der Waals surface area contributed by atoms with E-state index in [1.54, 1.807) is 6.20 Å². The van der Waals surface area contributed by atoms with Gasteiger partial charge in [0.15, 0.2) is 0 Å². The third-order valence-electron chi connectivity index (χ3n) is 2.51. The van der Waals surface area contributed by atoms with E-state index in [4.69, 9.17) is 5.84 Å². The number of rotatable bonds is 7. The molecule has 0 aromatic carbocycles. The number of hydrogen-bond acceptors (Lipinski definition) is 5. The summed E-state index contributed by atoms with van der Waals surface area (Å²) in [5.74, 6) is 5.58. The molecule has 0 amide bonds. The number of nitrogens with zero attached hydrogens (tertiary/aromatic N) is 4. The first-order chi connectivity index (χ1) is 7.69. The average molecular weight is 226 g/mol. The van der Waals surface area contributed by atoms with E-state index in [9.17, 15) is 0 Å². The van der Waals surface area contributed by atoms with Gasteiger partial charge in [0.25, 0.3) is 0 Å². The molecule has 0 radical (unpaired) electrons. The molecule has 1 unspecified atom stereocenters. The van der Waals surface area contributed by atoms with Crippen LogP contribution in [0.5, 0.6) is 0 Å². The van der Waals surface area contributed by atoms with Crippen molar-refractivity contribution in [3.8, 4) is 0 Å². The molecule has 0 bridgehead atoms. The first-order valence-electron chi connectivity index (χ1n) is 5.68. The quantitative estimate of drug-likeness (QED) is 0.511. The SMILES string of the molecule is CCCn1nncc1C(CCN(C)C)NN. The summed E-state index contributed by atoms with van der Waals surface area (Å²) in [6.07, 6.45) is 3.78. The molecule has 1 heterocycles. The Labute approximate surface area is 96.8 Å². The van der Waals surface area contributed by atoms with E-state index in [1.165, 1.54) is 0 Å². The highest BCUT2D eigenvalue weighted by Gasteiger charge is 2.15. The highest BCUT2D eigenvalue weighted by atomic mass is 15.4. The van der Waals surface area contributed by atoms with Gasteiger partial charge in [0, 0.05) is 6.54 Å². The normalized spacial score (nSPS) is 13.3. The Kier molecular flexibility index (Phi) is 5.37. The molecule has 0 saturated carbocycles. The van der Waals surface area contributed by atoms with E-state index < -0.39 is 0 Å². The largest absolute Gasteiger partial charge is 0.309 e. The van der Waals surface area contributed by atoms with Gasteiger partial charge in [-0.2, -0.15) is 0 Å². The van der Waals surface area contributed by atoms with Crippen LogP contribution < -0.4 is 11.3 Å². The number of aromatic nitrogens is 3. The van der Waals surface area contributed by atoms with Crippen LogP contribution in [0.3, 0.4) is 0 Å². The van der Waals surface area contributed by atoms with E-state index in [1.807, 2.05) is 4.68 Å². The Morgan fingerprint density at radius 3 is 2.88 bits per heavy atom. The second-order valence-corrected chi connectivity index (χ2v) is 4.19. The van der Waals surface area contributed by atoms with Crippen LogP contribution in [0.25, 0.3) is 0 Å². The molecule has 0 saturated heterocycles. The molecule has 0 fully saturated rings. The first kappa shape index (κ1) is 13.1. The highest BCUT2D eigenvalue weighted by molar-refractivity contribution is 5.01. The smallest absolute Gasteiger partial charge is 0.0770 e. The molecular weight excluding hydrogens is 204 g/mol. The van der Waals surface area contributed by atoms with Crippen LogP contribution in [-0.4, -0.2) is 40.5 Å². The Hall–Kier alpha value is -0.980. The summed E-state index contributed by atoms with van der Waals surface area (Å²) in [5.41, 5.74) is 3.89. The van der Waals surface area contributed by atoms with Gasteiger partial charge in [0.1, 0.15) is 0 Å². The summed E-state index contributed by atoms with van der Waals surface area (Å²) in [6, 6.07) is 0.115. The van der Waals surface area contributed by atoms with Crippen LogP contribution in [0.1, 0.15) is 31.5 Å². The van der Waals surface area contributed by atoms with Gasteiger partial charge in [0.05, 0.1) is 17.9 Å². The molecule has 1 rings (SSSR count). The maximum Gasteiger partial charge on any atom is 0.0770 e. The lowest BCUT2D eigenvalue weighted by atomic mass is 10.1. The van der Waals surface area contributed by atoms with Crippen molar-refractivity contribution in [2.24, 2.45) is 5.84 Å². The minimum atomic E-state index is 0.115. The fourth-order valence-corrected chi connectivity index (χ4v) is 1.62. The standard InChI is InChI=1S/C10H22N6/c1-4-6-16-10(8-12-14-16)9(13-11)5-7-15(2)3/h8-9,13H,4-7,11H2,1-3H3. The van der Waals surface area contributed by atoms with Crippen molar-refractivity contribution in [3.05, 3.63) is 11.9 Å². The lowest BCUT2D eigenvalue weighted by Gasteiger charge is -2.18. The summed E-state index contributed by atoms with van der Waals surface area (Å²) < 4.78 is 1.92. The fraction of sp³-hybridized carbons (Fsp3) is 0.800. The Morgan fingerprint density at radius 2 is 2.31 bits per heavy atom. The van der Waals surface area contributed by atoms with Crippen molar-refractivity contribution in [3.63, 3.8) is 0 Å². The van der Waals surface area contributed by atoms with Gasteiger partial charge in [-0.3, -0.25) is 11.3 Å². The Balaban J connectivity index is 2.66. The van der Waals surface area contributed by atoms with Crippen molar-refractivity contribution < 1.29 is 0 Å². The molecule has 0 aliphatic rings. The van der Waals surface area contributed by atoms with Gasteiger partial charge >= 0.3 is 0 Å². The van der Waals surface area contributed by atoms with Crippen molar-refractivity contribution >= 4 is 0 Å². The van der Waals surface area contributed by atoms with Crippen LogP contribution in [0, 0.1) is 0 Å². The Bertz CT molecular complexity index is 295. The van der Waals surface area contributed by atoms with Crippen LogP contribution in [0.15, 0.2) is 6.20 Å². The topological polar surface area (TPSA) is 72.0 Å². The summed E-state index contributed by atoms with van der Waals surface area (Å²) in [4.78, 5) is 2.14. The van der Waals surface area contributed by atoms with Crippen LogP contribution >= 0.6 is 0 Å². The zero-order valence-electron chi connectivity index (χ0n) is 10.3. The number of nitrogens with two attached hydrogens (primary N) is 1. The molecule has 0 aliphatic carbocycles. The van der Waals surface area contributed by atoms with E-state index in [2.05, 4.69) is 41.7 Å². The number of hydrogen-bond donors (Lipinski definition) is 2. The maximum absolute atomic E-state index is 5.58. The predicted molar refractivity (Wildman–Crippen MR) is 63.5 cm³/mol. The van der Waals surface area contributed by atoms with E-state index in [0.29, 0.717) is 0 Å². The highest BCUT2D eigenvalue weighted by Crippen LogP contribution is 2.14. The summed E-state index contributed by atoms with van der Waals surface area (Å²) in [6.45, 7) is 3.98. The molecule has 1 aromatic heterocycles. The molecule has 0 aliphatic heterocycles. The first-order valence-corrected chi connectivity index (χ1v) is 5.68. The zero-order valence-corrected chi connectivity index (χ0v) is 10.3. The van der Waals surface area contributed by atoms with Gasteiger partial charge in [0.2, 0.25) is 0 Å². The monoisotopic (exact) mass is 226 g/mol. The summed E-state index contributed by atoms with van der Waals surface area (Å²) >= 11 is 0. The second-order valence-electron chi connectivity index (χ2n) is 4.19. The third kappa shape index (κ3) is 3.55. The number of nitrogens with one attached hydrogen (secondary N) is 1. The predicted octanol–water partition coefficient (Wildman–Crippen LogP) is 0.144. The van der Waals surface area contributed by atoms with Gasteiger partial charge in [-0.15, -0.1) is 5.10 Å². The minimum absolute atomic E-state index is 0.115. The minimum Gasteiger partial charge on any atom is -0.309 e. The van der Waals surface area contributed by atoms with Crippen LogP contribution in [0.2, 0.25) is 0 Å². The maximum atomic E-state index is 5.58. The lowest BCUT2D eigenvalue weighted by molar-refractivity contribution is 0.352. The second kappa shape index (κ2) is 6.57. The van der Waals surface area contributed by atoms with E-state index in [0.717, 1.165) is 31.6 Å². The van der Waals surface area contributed by atoms with Crippen LogP contribution in [0.4, 0.5) is 0 Å². The van der Waals surface area contributed by atoms with Gasteiger partial charge < -0.3 is 4.90 Å². The molecule has 3 N–H and O–H groups in total. The molecular formula is C10H22N6. The van der Waals surface area contributed by atoms with Gasteiger partial charge in [-0.25, -0.2) is 4.68 Å². The van der Waals surface area contributed by atoms with Gasteiger partial charge in [-0.05, 0) is 33.5 Å². The van der Waals surface area contributed by atoms with Crippen molar-refractivity contribution in [2.75, 3.05) is 20.6 Å². The fourth-order valence-electron chi connectivity index (χ4n) is 1.62. The zero-order chi connectivity index (χ0) is 12.0. The third-order valence-corrected chi connectivity index (χ3v) is 2.51. The number of aryl methyl sites for hydroxylation is 1. The molecule has 6 heteroatoms. The lowest BCUT2D eigenvalue weighted by Crippen LogP contribution is -2.32. The van der Waals surface area contributed by atoms with Crippen LogP contribution in [-0.2, 0) is 6.54 Å². The molecule has 1 atom stereocenters. The molecule has 0 spiro atoms. The van der Waals surface area contributed by atoms with Crippen molar-refractivity contribution in [1.29, 1.82) is 0 Å². The van der Waals surface area contributed by atoms with Crippen molar-refractivity contribution in [2.45, 2.75) is 32.4 Å². The average Bonchev–Trinajstić information content (AvgIpc) is 2.68.